The van der Waals surface area contributed by atoms with Crippen LogP contribution in [0.2, 0.25) is 0 Å². The van der Waals surface area contributed by atoms with Crippen LogP contribution in [-0.2, 0) is 39.1 Å². The molecule has 0 atom stereocenters. The first-order valence-corrected chi connectivity index (χ1v) is 5.64. The smallest absolute Gasteiger partial charge is 0.0914 e. The summed E-state index contributed by atoms with van der Waals surface area (Å²) in [6.07, 6.45) is 4.73. The number of hydrogen-bond acceptors (Lipinski definition) is 3. The molecule has 4 heteroatoms. The van der Waals surface area contributed by atoms with Crippen LogP contribution in [0.25, 0.3) is 10.2 Å². The number of nitrogens with two attached hydrogens (primary N) is 1. The van der Waals surface area contributed by atoms with Crippen LogP contribution in [-0.4, -0.2) is 12.0 Å². The van der Waals surface area contributed by atoms with Crippen LogP contribution in [0.4, 0.5) is 0 Å². The largest absolute Gasteiger partial charge is 0.504 e. The number of benzene rings is 1. The topological polar surface area (TPSA) is 38.9 Å². The second-order valence-electron chi connectivity index (χ2n) is 2.83. The zero-order chi connectivity index (χ0) is 11.1. The molecular weight excluding hydrogens is 293 g/mol. The number of allylic oxidation sites excluding steroid dienone is 1. The monoisotopic (exact) mass is 308 g/mol. The summed E-state index contributed by atoms with van der Waals surface area (Å²) in [5, 5.41) is 1.18. The first kappa shape index (κ1) is 15.9. The predicted octanol–water partition coefficient (Wildman–Crippen LogP) is 2.79. The number of aryl methyl sites for hydroxylation is 1. The van der Waals surface area contributed by atoms with Gasteiger partial charge in [0.2, 0.25) is 0 Å². The van der Waals surface area contributed by atoms with Crippen molar-refractivity contribution in [2.45, 2.75) is 12.8 Å². The first-order valence-electron chi connectivity index (χ1n) is 4.82. The molecule has 2 rings (SSSR count). The van der Waals surface area contributed by atoms with E-state index in [1.165, 1.54) is 16.8 Å². The number of para-hydroxylation sites is 1. The Hall–Kier alpha value is -0.0861. The molecule has 0 bridgehead atoms. The van der Waals surface area contributed by atoms with Gasteiger partial charge in [-0.05, 0) is 25.6 Å². The van der Waals surface area contributed by atoms with E-state index in [2.05, 4.69) is 29.4 Å². The van der Waals surface area contributed by atoms with E-state index in [1.807, 2.05) is 18.2 Å². The third-order valence-corrected chi connectivity index (χ3v) is 2.95. The maximum Gasteiger partial charge on any atom is 0.0914 e. The van der Waals surface area contributed by atoms with Gasteiger partial charge in [0.1, 0.15) is 0 Å². The molecule has 1 aromatic heterocycles. The second-order valence-corrected chi connectivity index (χ2v) is 3.94. The number of fused-ring (bicyclic) bond motifs is 1. The van der Waals surface area contributed by atoms with Gasteiger partial charge in [0, 0.05) is 32.7 Å². The van der Waals surface area contributed by atoms with Crippen molar-refractivity contribution in [3.05, 3.63) is 41.9 Å². The molecule has 2 aromatic rings. The van der Waals surface area contributed by atoms with Gasteiger partial charge < -0.3 is 11.8 Å². The van der Waals surface area contributed by atoms with Crippen LogP contribution in [0.1, 0.15) is 11.4 Å². The summed E-state index contributed by atoms with van der Waals surface area (Å²) in [6.45, 7) is 3.58. The van der Waals surface area contributed by atoms with Crippen molar-refractivity contribution in [1.82, 2.24) is 4.98 Å². The molecule has 0 amide bonds. The first-order chi connectivity index (χ1) is 7.40. The average Bonchev–Trinajstić information content (AvgIpc) is 2.71. The molecule has 0 saturated carbocycles. The van der Waals surface area contributed by atoms with Crippen LogP contribution in [0.3, 0.4) is 0 Å². The van der Waals surface area contributed by atoms with Crippen molar-refractivity contribution in [3.8, 4) is 0 Å². The molecule has 16 heavy (non-hydrogen) atoms. The Morgan fingerprint density at radius 2 is 2.06 bits per heavy atom. The Bertz CT molecular complexity index is 393. The van der Waals surface area contributed by atoms with Crippen molar-refractivity contribution in [2.24, 2.45) is 5.73 Å². The zero-order valence-electron chi connectivity index (χ0n) is 9.44. The van der Waals surface area contributed by atoms with Gasteiger partial charge in [-0.25, -0.2) is 4.98 Å². The summed E-state index contributed by atoms with van der Waals surface area (Å²) in [5.41, 5.74) is 5.60. The molecule has 0 aliphatic carbocycles. The normalized spacial score (nSPS) is 8.88. The number of hydrogen-bond donors (Lipinski definition) is 1. The summed E-state index contributed by atoms with van der Waals surface area (Å²) >= 11 is 1.76. The standard InChI is InChI=1S/C11H10NS.CH5N.Y/c1-2-3-8-11-12-9-6-4-5-7-10(9)13-11;1-2;/h4-7H,1,3,8H2;2H2,1H3;/q-1;;. The van der Waals surface area contributed by atoms with Crippen LogP contribution in [0, 0.1) is 6.08 Å². The van der Waals surface area contributed by atoms with E-state index in [9.17, 15) is 0 Å². The van der Waals surface area contributed by atoms with E-state index in [4.69, 9.17) is 0 Å². The molecule has 1 aromatic carbocycles. The Morgan fingerprint density at radius 3 is 2.69 bits per heavy atom. The molecular formula is C12H15N2SY-. The minimum absolute atomic E-state index is 0. The Balaban J connectivity index is 0.000000711. The molecule has 0 aliphatic heterocycles. The van der Waals surface area contributed by atoms with Gasteiger partial charge in [0.25, 0.3) is 0 Å². The molecule has 0 spiro atoms. The van der Waals surface area contributed by atoms with Gasteiger partial charge in [0.15, 0.2) is 0 Å². The summed E-state index contributed by atoms with van der Waals surface area (Å²) in [7, 11) is 1.50. The second kappa shape index (κ2) is 9.00. The molecule has 0 saturated heterocycles. The number of thiazole rings is 1. The Morgan fingerprint density at radius 1 is 1.38 bits per heavy atom. The fourth-order valence-electron chi connectivity index (χ4n) is 1.22. The SMILES string of the molecule is C=[C-]CCc1nc2ccccc2s1.CN.[Y]. The van der Waals surface area contributed by atoms with Crippen LogP contribution < -0.4 is 5.73 Å². The minimum atomic E-state index is 0. The molecule has 1 heterocycles. The van der Waals surface area contributed by atoms with Crippen LogP contribution in [0.15, 0.2) is 30.8 Å². The maximum atomic E-state index is 4.50. The summed E-state index contributed by atoms with van der Waals surface area (Å²) in [4.78, 5) is 4.50. The minimum Gasteiger partial charge on any atom is -0.504 e. The van der Waals surface area contributed by atoms with Gasteiger partial charge in [-0.1, -0.05) is 12.1 Å². The molecule has 83 valence electrons. The fourth-order valence-corrected chi connectivity index (χ4v) is 2.19. The number of nitrogens with zero attached hydrogens (tertiary/aromatic N) is 1. The molecule has 0 fully saturated rings. The zero-order valence-corrected chi connectivity index (χ0v) is 13.1. The Labute approximate surface area is 126 Å². The Kier molecular flexibility index (Phi) is 8.95. The van der Waals surface area contributed by atoms with E-state index in [1.54, 1.807) is 11.3 Å². The van der Waals surface area contributed by atoms with Gasteiger partial charge in [0.05, 0.1) is 15.2 Å². The van der Waals surface area contributed by atoms with Crippen molar-refractivity contribution < 1.29 is 32.7 Å². The van der Waals surface area contributed by atoms with Crippen LogP contribution >= 0.6 is 11.3 Å². The van der Waals surface area contributed by atoms with Gasteiger partial charge in [-0.3, -0.25) is 6.58 Å². The van der Waals surface area contributed by atoms with E-state index in [0.29, 0.717) is 0 Å². The average molecular weight is 308 g/mol. The quantitative estimate of drug-likeness (QED) is 0.886. The fraction of sp³-hybridized carbons (Fsp3) is 0.250. The van der Waals surface area contributed by atoms with Crippen molar-refractivity contribution in [2.75, 3.05) is 7.05 Å². The van der Waals surface area contributed by atoms with Crippen molar-refractivity contribution in [3.63, 3.8) is 0 Å². The number of aromatic nitrogens is 1. The van der Waals surface area contributed by atoms with Gasteiger partial charge in [-0.2, -0.15) is 6.42 Å². The van der Waals surface area contributed by atoms with Crippen LogP contribution in [0.5, 0.6) is 0 Å². The van der Waals surface area contributed by atoms with Crippen molar-refractivity contribution in [1.29, 1.82) is 0 Å². The molecule has 2 N–H and O–H groups in total. The van der Waals surface area contributed by atoms with Crippen molar-refractivity contribution >= 4 is 21.6 Å². The van der Waals surface area contributed by atoms with E-state index in [0.717, 1.165) is 18.4 Å². The van der Waals surface area contributed by atoms with E-state index < -0.39 is 0 Å². The molecule has 0 aliphatic rings. The van der Waals surface area contributed by atoms with Gasteiger partial charge >= 0.3 is 0 Å². The summed E-state index contributed by atoms with van der Waals surface area (Å²) in [6, 6.07) is 8.22. The molecule has 2 nitrogen and oxygen atoms in total. The van der Waals surface area contributed by atoms with E-state index in [-0.39, 0.29) is 32.7 Å². The summed E-state index contributed by atoms with van der Waals surface area (Å²) in [5.74, 6) is 0. The maximum absolute atomic E-state index is 4.50. The predicted molar refractivity (Wildman–Crippen MR) is 66.9 cm³/mol. The van der Waals surface area contributed by atoms with E-state index >= 15 is 0 Å². The number of rotatable bonds is 3. The van der Waals surface area contributed by atoms with Gasteiger partial charge in [-0.15, -0.1) is 11.3 Å². The summed E-state index contributed by atoms with van der Waals surface area (Å²) < 4.78 is 1.27. The molecule has 0 unspecified atom stereocenters. The molecule has 1 radical (unpaired) electrons. The third kappa shape index (κ3) is 4.42. The third-order valence-electron chi connectivity index (χ3n) is 1.85.